The van der Waals surface area contributed by atoms with Gasteiger partial charge in [0.25, 0.3) is 0 Å². The van der Waals surface area contributed by atoms with Crippen molar-refractivity contribution < 1.29 is 0 Å². The molecule has 0 atom stereocenters. The molecule has 3 aliphatic rings. The van der Waals surface area contributed by atoms with Crippen molar-refractivity contribution in [1.29, 1.82) is 0 Å². The van der Waals surface area contributed by atoms with Crippen molar-refractivity contribution in [1.82, 2.24) is 5.32 Å². The second kappa shape index (κ2) is 5.64. The Kier molecular flexibility index (Phi) is 3.66. The molecular weight excluding hydrogens is 256 g/mol. The first-order valence-electron chi connectivity index (χ1n) is 8.96. The fourth-order valence-corrected chi connectivity index (χ4v) is 4.80. The summed E-state index contributed by atoms with van der Waals surface area (Å²) in [5, 5.41) is 3.96. The van der Waals surface area contributed by atoms with E-state index >= 15 is 0 Å². The average Bonchev–Trinajstić information content (AvgIpc) is 3.02. The standard InChI is InChI=1S/C19H28N2/c1-6-12-19(13-7-1)15-21(17-9-3-4-10-17)18-11-5-2-8-16(18)14-20-19/h2,5,8,11,17,20H,1,3-4,6-7,9-10,12-15H2. The minimum absolute atomic E-state index is 0.375. The van der Waals surface area contributed by atoms with Gasteiger partial charge in [-0.15, -0.1) is 0 Å². The monoisotopic (exact) mass is 284 g/mol. The summed E-state index contributed by atoms with van der Waals surface area (Å²) in [4.78, 5) is 2.79. The van der Waals surface area contributed by atoms with Crippen LogP contribution in [0.1, 0.15) is 63.4 Å². The van der Waals surface area contributed by atoms with E-state index in [0.29, 0.717) is 5.54 Å². The molecule has 1 aromatic carbocycles. The molecule has 4 rings (SSSR count). The van der Waals surface area contributed by atoms with Gasteiger partial charge < -0.3 is 10.2 Å². The maximum absolute atomic E-state index is 3.96. The lowest BCUT2D eigenvalue weighted by Gasteiger charge is -2.42. The summed E-state index contributed by atoms with van der Waals surface area (Å²) in [5.74, 6) is 0. The van der Waals surface area contributed by atoms with Gasteiger partial charge in [-0.2, -0.15) is 0 Å². The second-order valence-corrected chi connectivity index (χ2v) is 7.39. The summed E-state index contributed by atoms with van der Waals surface area (Å²) in [6, 6.07) is 9.89. The molecule has 0 unspecified atom stereocenters. The number of rotatable bonds is 1. The fraction of sp³-hybridized carbons (Fsp3) is 0.684. The number of para-hydroxylation sites is 1. The highest BCUT2D eigenvalue weighted by Gasteiger charge is 2.38. The Labute approximate surface area is 128 Å². The van der Waals surface area contributed by atoms with Crippen LogP contribution in [-0.4, -0.2) is 18.1 Å². The van der Waals surface area contributed by atoms with Gasteiger partial charge in [-0.1, -0.05) is 50.3 Å². The smallest absolute Gasteiger partial charge is 0.0414 e. The predicted octanol–water partition coefficient (Wildman–Crippen LogP) is 4.24. The Hall–Kier alpha value is -1.02. The molecule has 2 fully saturated rings. The molecule has 1 spiro atoms. The lowest BCUT2D eigenvalue weighted by Crippen LogP contribution is -2.54. The molecule has 0 amide bonds. The van der Waals surface area contributed by atoms with E-state index in [1.165, 1.54) is 75.6 Å². The molecule has 2 saturated carbocycles. The molecular formula is C19H28N2. The van der Waals surface area contributed by atoms with Crippen molar-refractivity contribution in [2.24, 2.45) is 0 Å². The maximum atomic E-state index is 3.96. The number of nitrogens with zero attached hydrogens (tertiary/aromatic N) is 1. The van der Waals surface area contributed by atoms with Crippen molar-refractivity contribution in [2.45, 2.75) is 75.9 Å². The molecule has 114 valence electrons. The van der Waals surface area contributed by atoms with E-state index in [9.17, 15) is 0 Å². The second-order valence-electron chi connectivity index (χ2n) is 7.39. The van der Waals surface area contributed by atoms with Crippen LogP contribution in [0.2, 0.25) is 0 Å². The molecule has 1 N–H and O–H groups in total. The van der Waals surface area contributed by atoms with E-state index in [-0.39, 0.29) is 0 Å². The van der Waals surface area contributed by atoms with Crippen molar-refractivity contribution in [3.05, 3.63) is 29.8 Å². The zero-order valence-electron chi connectivity index (χ0n) is 13.1. The third kappa shape index (κ3) is 2.59. The summed E-state index contributed by atoms with van der Waals surface area (Å²) in [6.07, 6.45) is 12.6. The zero-order chi connectivity index (χ0) is 14.1. The number of hydrogen-bond donors (Lipinski definition) is 1. The first kappa shape index (κ1) is 13.6. The van der Waals surface area contributed by atoms with E-state index in [1.807, 2.05) is 0 Å². The van der Waals surface area contributed by atoms with Gasteiger partial charge in [-0.25, -0.2) is 0 Å². The van der Waals surface area contributed by atoms with Gasteiger partial charge >= 0.3 is 0 Å². The number of fused-ring (bicyclic) bond motifs is 1. The zero-order valence-corrected chi connectivity index (χ0v) is 13.1. The molecule has 0 aromatic heterocycles. The van der Waals surface area contributed by atoms with Crippen LogP contribution < -0.4 is 10.2 Å². The largest absolute Gasteiger partial charge is 0.366 e. The molecule has 0 saturated heterocycles. The summed E-state index contributed by atoms with van der Waals surface area (Å²) in [5.41, 5.74) is 3.39. The summed E-state index contributed by atoms with van der Waals surface area (Å²) >= 11 is 0. The van der Waals surface area contributed by atoms with E-state index < -0.39 is 0 Å². The molecule has 1 heterocycles. The molecule has 21 heavy (non-hydrogen) atoms. The average molecular weight is 284 g/mol. The first-order chi connectivity index (χ1) is 10.4. The van der Waals surface area contributed by atoms with Crippen LogP contribution in [0.25, 0.3) is 0 Å². The normalized spacial score (nSPS) is 25.8. The molecule has 1 aromatic rings. The van der Waals surface area contributed by atoms with Crippen LogP contribution in [0.4, 0.5) is 5.69 Å². The predicted molar refractivity (Wildman–Crippen MR) is 88.7 cm³/mol. The number of benzene rings is 1. The van der Waals surface area contributed by atoms with E-state index in [2.05, 4.69) is 34.5 Å². The summed E-state index contributed by atoms with van der Waals surface area (Å²) < 4.78 is 0. The van der Waals surface area contributed by atoms with Gasteiger partial charge in [0.1, 0.15) is 0 Å². The first-order valence-corrected chi connectivity index (χ1v) is 8.96. The third-order valence-electron chi connectivity index (χ3n) is 6.00. The Bertz CT molecular complexity index is 484. The molecule has 0 radical (unpaired) electrons. The van der Waals surface area contributed by atoms with Gasteiger partial charge in [-0.3, -0.25) is 0 Å². The van der Waals surface area contributed by atoms with E-state index in [0.717, 1.165) is 12.6 Å². The molecule has 2 nitrogen and oxygen atoms in total. The van der Waals surface area contributed by atoms with Crippen molar-refractivity contribution in [3.8, 4) is 0 Å². The number of anilines is 1. The Balaban J connectivity index is 1.68. The minimum atomic E-state index is 0.375. The molecule has 0 bridgehead atoms. The Morgan fingerprint density at radius 1 is 0.952 bits per heavy atom. The maximum Gasteiger partial charge on any atom is 0.0414 e. The van der Waals surface area contributed by atoms with Crippen LogP contribution in [0.15, 0.2) is 24.3 Å². The van der Waals surface area contributed by atoms with Gasteiger partial charge in [0.15, 0.2) is 0 Å². The van der Waals surface area contributed by atoms with Crippen LogP contribution in [0, 0.1) is 0 Å². The van der Waals surface area contributed by atoms with Crippen LogP contribution in [0.3, 0.4) is 0 Å². The Morgan fingerprint density at radius 2 is 1.71 bits per heavy atom. The third-order valence-corrected chi connectivity index (χ3v) is 6.00. The highest BCUT2D eigenvalue weighted by Crippen LogP contribution is 2.38. The van der Waals surface area contributed by atoms with E-state index in [1.54, 1.807) is 0 Å². The summed E-state index contributed by atoms with van der Waals surface area (Å²) in [7, 11) is 0. The Morgan fingerprint density at radius 3 is 2.52 bits per heavy atom. The van der Waals surface area contributed by atoms with Crippen molar-refractivity contribution >= 4 is 5.69 Å². The number of hydrogen-bond acceptors (Lipinski definition) is 2. The lowest BCUT2D eigenvalue weighted by molar-refractivity contribution is 0.232. The minimum Gasteiger partial charge on any atom is -0.366 e. The lowest BCUT2D eigenvalue weighted by atomic mass is 9.81. The van der Waals surface area contributed by atoms with Crippen molar-refractivity contribution in [2.75, 3.05) is 11.4 Å². The van der Waals surface area contributed by atoms with Gasteiger partial charge in [0.05, 0.1) is 0 Å². The SMILES string of the molecule is c1ccc2c(c1)CNC1(CCCCC1)CN2C1CCCC1. The summed E-state index contributed by atoms with van der Waals surface area (Å²) in [6.45, 7) is 2.29. The number of nitrogens with one attached hydrogen (secondary N) is 1. The van der Waals surface area contributed by atoms with Gasteiger partial charge in [0, 0.05) is 30.4 Å². The topological polar surface area (TPSA) is 15.3 Å². The molecule has 2 heteroatoms. The molecule has 1 aliphatic heterocycles. The van der Waals surface area contributed by atoms with Crippen LogP contribution >= 0.6 is 0 Å². The van der Waals surface area contributed by atoms with E-state index in [4.69, 9.17) is 0 Å². The van der Waals surface area contributed by atoms with Crippen LogP contribution in [0.5, 0.6) is 0 Å². The highest BCUT2D eigenvalue weighted by molar-refractivity contribution is 5.56. The molecule has 2 aliphatic carbocycles. The van der Waals surface area contributed by atoms with Crippen molar-refractivity contribution in [3.63, 3.8) is 0 Å². The van der Waals surface area contributed by atoms with Gasteiger partial charge in [-0.05, 0) is 37.3 Å². The fourth-order valence-electron chi connectivity index (χ4n) is 4.80. The van der Waals surface area contributed by atoms with Gasteiger partial charge in [0.2, 0.25) is 0 Å². The highest BCUT2D eigenvalue weighted by atomic mass is 15.2. The quantitative estimate of drug-likeness (QED) is 0.829. The van der Waals surface area contributed by atoms with Crippen LogP contribution in [-0.2, 0) is 6.54 Å².